The van der Waals surface area contributed by atoms with Crippen LogP contribution in [0.2, 0.25) is 10.0 Å². The highest BCUT2D eigenvalue weighted by Gasteiger charge is 2.30. The van der Waals surface area contributed by atoms with Crippen molar-refractivity contribution in [1.82, 2.24) is 0 Å². The average Bonchev–Trinajstić information content (AvgIpc) is 2.73. The highest BCUT2D eigenvalue weighted by Crippen LogP contribution is 2.37. The van der Waals surface area contributed by atoms with E-state index >= 15 is 0 Å². The molecule has 0 aromatic heterocycles. The second-order valence-corrected chi connectivity index (χ2v) is 6.80. The average molecular weight is 323 g/mol. The van der Waals surface area contributed by atoms with Crippen LogP contribution in [0.3, 0.4) is 0 Å². The molecule has 0 saturated heterocycles. The van der Waals surface area contributed by atoms with E-state index in [0.29, 0.717) is 10.0 Å². The summed E-state index contributed by atoms with van der Waals surface area (Å²) in [6, 6.07) is 11.0. The first-order valence-electron chi connectivity index (χ1n) is 6.80. The zero-order chi connectivity index (χ0) is 15.2. The molecule has 1 atom stereocenters. The number of halogens is 2. The Balaban J connectivity index is 1.93. The summed E-state index contributed by atoms with van der Waals surface area (Å²) in [5, 5.41) is 11.5. The van der Waals surface area contributed by atoms with Gasteiger partial charge in [-0.25, -0.2) is 0 Å². The summed E-state index contributed by atoms with van der Waals surface area (Å²) in [6.07, 6.45) is 0.110. The first-order valence-corrected chi connectivity index (χ1v) is 7.56. The van der Waals surface area contributed by atoms with E-state index in [1.807, 2.05) is 18.2 Å². The molecule has 21 heavy (non-hydrogen) atoms. The van der Waals surface area contributed by atoms with E-state index < -0.39 is 6.10 Å². The van der Waals surface area contributed by atoms with Crippen molar-refractivity contribution in [2.75, 3.05) is 0 Å². The number of aliphatic hydroxyl groups is 1. The summed E-state index contributed by atoms with van der Waals surface area (Å²) in [7, 11) is 0. The summed E-state index contributed by atoms with van der Waals surface area (Å²) in [4.78, 5) is 0. The molecule has 2 aromatic rings. The minimum absolute atomic E-state index is 0.185. The van der Waals surface area contributed by atoms with Gasteiger partial charge in [0.05, 0.1) is 10.0 Å². The monoisotopic (exact) mass is 322 g/mol. The predicted molar refractivity (Wildman–Crippen MR) is 85.4 cm³/mol. The van der Waals surface area contributed by atoms with Crippen LogP contribution in [-0.4, -0.2) is 10.7 Å². The maximum atomic E-state index is 10.5. The van der Waals surface area contributed by atoms with Gasteiger partial charge >= 0.3 is 0 Å². The van der Waals surface area contributed by atoms with E-state index in [1.54, 1.807) is 18.2 Å². The number of hydrogen-bond donors (Lipinski definition) is 1. The van der Waals surface area contributed by atoms with Gasteiger partial charge in [-0.15, -0.1) is 0 Å². The lowest BCUT2D eigenvalue weighted by molar-refractivity contribution is 0.138. The van der Waals surface area contributed by atoms with Crippen LogP contribution in [0.5, 0.6) is 5.75 Å². The summed E-state index contributed by atoms with van der Waals surface area (Å²) < 4.78 is 5.85. The molecule has 0 saturated carbocycles. The highest BCUT2D eigenvalue weighted by atomic mass is 35.5. The quantitative estimate of drug-likeness (QED) is 0.861. The maximum absolute atomic E-state index is 10.5. The lowest BCUT2D eigenvalue weighted by atomic mass is 9.96. The number of ether oxygens (including phenoxy) is 1. The fraction of sp³-hybridized carbons (Fsp3) is 0.294. The van der Waals surface area contributed by atoms with Crippen LogP contribution in [0.1, 0.15) is 36.6 Å². The molecule has 4 heteroatoms. The maximum Gasteiger partial charge on any atom is 0.123 e. The Morgan fingerprint density at radius 3 is 2.43 bits per heavy atom. The van der Waals surface area contributed by atoms with Gasteiger partial charge in [-0.1, -0.05) is 35.3 Å². The molecule has 0 radical (unpaired) electrons. The second kappa shape index (κ2) is 5.20. The van der Waals surface area contributed by atoms with Gasteiger partial charge in [-0.3, -0.25) is 0 Å². The second-order valence-electron chi connectivity index (χ2n) is 5.98. The molecular formula is C17H16Cl2O2. The highest BCUT2D eigenvalue weighted by molar-refractivity contribution is 6.42. The van der Waals surface area contributed by atoms with Crippen LogP contribution < -0.4 is 4.74 Å². The normalized spacial score (nSPS) is 17.2. The van der Waals surface area contributed by atoms with Crippen molar-refractivity contribution in [3.8, 4) is 5.75 Å². The van der Waals surface area contributed by atoms with Crippen molar-refractivity contribution < 1.29 is 9.84 Å². The van der Waals surface area contributed by atoms with E-state index in [-0.39, 0.29) is 5.60 Å². The van der Waals surface area contributed by atoms with Crippen molar-refractivity contribution in [1.29, 1.82) is 0 Å². The summed E-state index contributed by atoms with van der Waals surface area (Å²) in [5.74, 6) is 0.894. The van der Waals surface area contributed by atoms with E-state index in [0.717, 1.165) is 28.9 Å². The van der Waals surface area contributed by atoms with Crippen LogP contribution in [0.15, 0.2) is 36.4 Å². The number of fused-ring (bicyclic) bond motifs is 1. The SMILES string of the molecule is CC1(C)Cc2cc(C(O)c3ccc(Cl)c(Cl)c3)ccc2O1. The van der Waals surface area contributed by atoms with Crippen molar-refractivity contribution in [3.63, 3.8) is 0 Å². The van der Waals surface area contributed by atoms with Crippen LogP contribution in [-0.2, 0) is 6.42 Å². The molecule has 1 aliphatic heterocycles. The molecule has 0 aliphatic carbocycles. The van der Waals surface area contributed by atoms with E-state index in [9.17, 15) is 5.11 Å². The molecule has 1 heterocycles. The zero-order valence-corrected chi connectivity index (χ0v) is 13.4. The molecule has 0 bridgehead atoms. The number of benzene rings is 2. The third-order valence-corrected chi connectivity index (χ3v) is 4.40. The lowest BCUT2D eigenvalue weighted by Crippen LogP contribution is -2.24. The first kappa shape index (κ1) is 14.7. The number of aliphatic hydroxyl groups excluding tert-OH is 1. The Hall–Kier alpha value is -1.22. The third-order valence-electron chi connectivity index (χ3n) is 3.66. The molecule has 110 valence electrons. The van der Waals surface area contributed by atoms with E-state index in [1.165, 1.54) is 0 Å². The van der Waals surface area contributed by atoms with Crippen LogP contribution in [0.4, 0.5) is 0 Å². The molecule has 0 amide bonds. The van der Waals surface area contributed by atoms with Gasteiger partial charge < -0.3 is 9.84 Å². The third kappa shape index (κ3) is 2.89. The zero-order valence-electron chi connectivity index (χ0n) is 11.9. The lowest BCUT2D eigenvalue weighted by Gasteiger charge is -2.16. The van der Waals surface area contributed by atoms with Crippen LogP contribution in [0, 0.1) is 0 Å². The van der Waals surface area contributed by atoms with Gasteiger partial charge in [-0.2, -0.15) is 0 Å². The van der Waals surface area contributed by atoms with Gasteiger partial charge in [0.25, 0.3) is 0 Å². The van der Waals surface area contributed by atoms with Gasteiger partial charge in [0, 0.05) is 6.42 Å². The first-order chi connectivity index (χ1) is 9.85. The molecular weight excluding hydrogens is 307 g/mol. The fourth-order valence-electron chi connectivity index (χ4n) is 2.67. The molecule has 1 N–H and O–H groups in total. The molecule has 2 nitrogen and oxygen atoms in total. The standard InChI is InChI=1S/C17H16Cl2O2/c1-17(2)9-12-7-10(4-6-15(12)21-17)16(20)11-3-5-13(18)14(19)8-11/h3-8,16,20H,9H2,1-2H3. The van der Waals surface area contributed by atoms with Crippen LogP contribution >= 0.6 is 23.2 Å². The number of hydrogen-bond acceptors (Lipinski definition) is 2. The minimum Gasteiger partial charge on any atom is -0.487 e. The number of rotatable bonds is 2. The molecule has 0 fully saturated rings. The minimum atomic E-state index is -0.728. The summed E-state index contributed by atoms with van der Waals surface area (Å²) in [5.41, 5.74) is 2.49. The molecule has 3 rings (SSSR count). The Labute approximate surface area is 134 Å². The smallest absolute Gasteiger partial charge is 0.123 e. The van der Waals surface area contributed by atoms with Gasteiger partial charge in [0.1, 0.15) is 17.5 Å². The van der Waals surface area contributed by atoms with E-state index in [2.05, 4.69) is 13.8 Å². The van der Waals surface area contributed by atoms with Crippen molar-refractivity contribution in [2.24, 2.45) is 0 Å². The Morgan fingerprint density at radius 2 is 1.71 bits per heavy atom. The van der Waals surface area contributed by atoms with Crippen molar-refractivity contribution in [3.05, 3.63) is 63.1 Å². The summed E-state index contributed by atoms with van der Waals surface area (Å²) in [6.45, 7) is 4.12. The molecule has 1 unspecified atom stereocenters. The molecule has 2 aromatic carbocycles. The van der Waals surface area contributed by atoms with Gasteiger partial charge in [0.2, 0.25) is 0 Å². The van der Waals surface area contributed by atoms with Crippen LogP contribution in [0.25, 0.3) is 0 Å². The van der Waals surface area contributed by atoms with Crippen molar-refractivity contribution >= 4 is 23.2 Å². The summed E-state index contributed by atoms with van der Waals surface area (Å²) >= 11 is 11.9. The Kier molecular flexibility index (Phi) is 3.64. The van der Waals surface area contributed by atoms with Gasteiger partial charge in [0.15, 0.2) is 0 Å². The Morgan fingerprint density at radius 1 is 1.05 bits per heavy atom. The fourth-order valence-corrected chi connectivity index (χ4v) is 2.98. The molecule has 0 spiro atoms. The molecule has 1 aliphatic rings. The van der Waals surface area contributed by atoms with E-state index in [4.69, 9.17) is 27.9 Å². The van der Waals surface area contributed by atoms with Crippen molar-refractivity contribution in [2.45, 2.75) is 32.0 Å². The largest absolute Gasteiger partial charge is 0.487 e. The predicted octanol–water partition coefficient (Wildman–Crippen LogP) is 4.79. The van der Waals surface area contributed by atoms with Gasteiger partial charge in [-0.05, 0) is 54.8 Å². The Bertz CT molecular complexity index is 695. The topological polar surface area (TPSA) is 29.5 Å².